The van der Waals surface area contributed by atoms with Gasteiger partial charge in [0.1, 0.15) is 17.7 Å². The molecule has 3 rings (SSSR count). The Morgan fingerprint density at radius 1 is 1.00 bits per heavy atom. The summed E-state index contributed by atoms with van der Waals surface area (Å²) in [7, 11) is 0. The third kappa shape index (κ3) is 1.72. The molecule has 1 heterocycles. The first kappa shape index (κ1) is 10.8. The maximum absolute atomic E-state index is 10.2. The van der Waals surface area contributed by atoms with Gasteiger partial charge in [-0.3, -0.25) is 0 Å². The lowest BCUT2D eigenvalue weighted by Crippen LogP contribution is -2.01. The molecule has 0 radical (unpaired) electrons. The van der Waals surface area contributed by atoms with Gasteiger partial charge in [0, 0.05) is 5.56 Å². The number of H-pyrrole nitrogens is 1. The van der Waals surface area contributed by atoms with E-state index >= 15 is 0 Å². The number of aliphatic hydroxyl groups excluding tert-OH is 1. The fraction of sp³-hybridized carbons (Fsp3) is 0.0714. The van der Waals surface area contributed by atoms with Crippen molar-refractivity contribution in [2.45, 2.75) is 6.10 Å². The van der Waals surface area contributed by atoms with Gasteiger partial charge in [0.2, 0.25) is 0 Å². The highest BCUT2D eigenvalue weighted by Crippen LogP contribution is 2.28. The number of benzene rings is 2. The summed E-state index contributed by atoms with van der Waals surface area (Å²) in [5.74, 6) is 0.489. The number of aromatic amines is 1. The molecular weight excluding hydrogens is 228 g/mol. The Morgan fingerprint density at radius 2 is 1.72 bits per heavy atom. The van der Waals surface area contributed by atoms with Gasteiger partial charge in [0.15, 0.2) is 0 Å². The second-order valence-corrected chi connectivity index (χ2v) is 4.10. The van der Waals surface area contributed by atoms with Crippen molar-refractivity contribution in [3.8, 4) is 5.75 Å². The Bertz CT molecular complexity index is 658. The molecule has 90 valence electrons. The van der Waals surface area contributed by atoms with Gasteiger partial charge in [-0.1, -0.05) is 30.3 Å². The number of hydrogen-bond donors (Lipinski definition) is 3. The first-order valence-corrected chi connectivity index (χ1v) is 5.66. The lowest BCUT2D eigenvalue weighted by atomic mass is 10.1. The van der Waals surface area contributed by atoms with Crippen LogP contribution >= 0.6 is 0 Å². The second kappa shape index (κ2) is 4.16. The molecule has 0 bridgehead atoms. The van der Waals surface area contributed by atoms with Crippen LogP contribution in [0.15, 0.2) is 48.5 Å². The zero-order valence-electron chi connectivity index (χ0n) is 9.54. The van der Waals surface area contributed by atoms with Gasteiger partial charge >= 0.3 is 0 Å². The van der Waals surface area contributed by atoms with E-state index in [4.69, 9.17) is 0 Å². The summed E-state index contributed by atoms with van der Waals surface area (Å²) in [4.78, 5) is 7.36. The number of imidazole rings is 1. The SMILES string of the molecule is Oc1ccccc1C(O)c1nc2ccccc2[nH]1. The number of fused-ring (bicyclic) bond motifs is 1. The van der Waals surface area contributed by atoms with Crippen molar-refractivity contribution in [1.82, 2.24) is 9.97 Å². The van der Waals surface area contributed by atoms with E-state index in [-0.39, 0.29) is 5.75 Å². The average Bonchev–Trinajstić information content (AvgIpc) is 2.82. The zero-order valence-corrected chi connectivity index (χ0v) is 9.54. The van der Waals surface area contributed by atoms with Crippen LogP contribution in [0.1, 0.15) is 17.5 Å². The fourth-order valence-corrected chi connectivity index (χ4v) is 1.97. The van der Waals surface area contributed by atoms with Crippen LogP contribution in [0.3, 0.4) is 0 Å². The minimum absolute atomic E-state index is 0.0606. The largest absolute Gasteiger partial charge is 0.508 e. The van der Waals surface area contributed by atoms with E-state index in [1.807, 2.05) is 24.3 Å². The molecule has 0 saturated heterocycles. The number of phenols is 1. The number of aromatic nitrogens is 2. The van der Waals surface area contributed by atoms with Gasteiger partial charge < -0.3 is 15.2 Å². The molecule has 0 fully saturated rings. The lowest BCUT2D eigenvalue weighted by Gasteiger charge is -2.09. The van der Waals surface area contributed by atoms with Gasteiger partial charge in [-0.05, 0) is 18.2 Å². The first-order chi connectivity index (χ1) is 8.75. The third-order valence-electron chi connectivity index (χ3n) is 2.90. The van der Waals surface area contributed by atoms with Crippen LogP contribution in [-0.2, 0) is 0 Å². The van der Waals surface area contributed by atoms with Crippen LogP contribution in [0.5, 0.6) is 5.75 Å². The highest BCUT2D eigenvalue weighted by atomic mass is 16.3. The molecule has 3 aromatic rings. The smallest absolute Gasteiger partial charge is 0.141 e. The molecular formula is C14H12N2O2. The highest BCUT2D eigenvalue weighted by molar-refractivity contribution is 5.74. The Hall–Kier alpha value is -2.33. The number of aromatic hydroxyl groups is 1. The minimum atomic E-state index is -0.960. The first-order valence-electron chi connectivity index (χ1n) is 5.66. The Kier molecular flexibility index (Phi) is 2.50. The molecule has 0 aliphatic heterocycles. The van der Waals surface area contributed by atoms with Crippen molar-refractivity contribution in [2.24, 2.45) is 0 Å². The molecule has 0 aliphatic rings. The van der Waals surface area contributed by atoms with Gasteiger partial charge in [0.25, 0.3) is 0 Å². The van der Waals surface area contributed by atoms with Crippen molar-refractivity contribution >= 4 is 11.0 Å². The molecule has 2 aromatic carbocycles. The van der Waals surface area contributed by atoms with E-state index in [9.17, 15) is 10.2 Å². The van der Waals surface area contributed by atoms with E-state index in [1.165, 1.54) is 0 Å². The number of hydrogen-bond acceptors (Lipinski definition) is 3. The van der Waals surface area contributed by atoms with E-state index in [1.54, 1.807) is 24.3 Å². The van der Waals surface area contributed by atoms with Crippen molar-refractivity contribution in [3.63, 3.8) is 0 Å². The maximum atomic E-state index is 10.2. The number of rotatable bonds is 2. The molecule has 1 unspecified atom stereocenters. The number of para-hydroxylation sites is 3. The summed E-state index contributed by atoms with van der Waals surface area (Å²) in [6.07, 6.45) is -0.960. The van der Waals surface area contributed by atoms with Gasteiger partial charge in [0.05, 0.1) is 11.0 Å². The van der Waals surface area contributed by atoms with Crippen LogP contribution in [0.25, 0.3) is 11.0 Å². The van der Waals surface area contributed by atoms with E-state index in [2.05, 4.69) is 9.97 Å². The van der Waals surface area contributed by atoms with Crippen LogP contribution in [-0.4, -0.2) is 20.2 Å². The van der Waals surface area contributed by atoms with Gasteiger partial charge in [-0.25, -0.2) is 4.98 Å². The lowest BCUT2D eigenvalue weighted by molar-refractivity contribution is 0.207. The van der Waals surface area contributed by atoms with Gasteiger partial charge in [-0.15, -0.1) is 0 Å². The number of phenolic OH excluding ortho intramolecular Hbond substituents is 1. The summed E-state index contributed by atoms with van der Waals surface area (Å²) < 4.78 is 0. The normalized spacial score (nSPS) is 12.7. The minimum Gasteiger partial charge on any atom is -0.508 e. The zero-order chi connectivity index (χ0) is 12.5. The topological polar surface area (TPSA) is 69.1 Å². The van der Waals surface area contributed by atoms with E-state index < -0.39 is 6.10 Å². The highest BCUT2D eigenvalue weighted by Gasteiger charge is 2.17. The van der Waals surface area contributed by atoms with Crippen LogP contribution < -0.4 is 0 Å². The average molecular weight is 240 g/mol. The molecule has 3 N–H and O–H groups in total. The molecule has 0 amide bonds. The predicted octanol–water partition coefficient (Wildman–Crippen LogP) is 2.35. The number of nitrogens with one attached hydrogen (secondary N) is 1. The Morgan fingerprint density at radius 3 is 2.50 bits per heavy atom. The summed E-state index contributed by atoms with van der Waals surface area (Å²) in [5, 5.41) is 19.9. The summed E-state index contributed by atoms with van der Waals surface area (Å²) in [5.41, 5.74) is 2.10. The summed E-state index contributed by atoms with van der Waals surface area (Å²) in [6, 6.07) is 14.2. The molecule has 0 aliphatic carbocycles. The monoisotopic (exact) mass is 240 g/mol. The van der Waals surface area contributed by atoms with Crippen LogP contribution in [0, 0.1) is 0 Å². The Labute approximate surface area is 104 Å². The molecule has 4 heteroatoms. The maximum Gasteiger partial charge on any atom is 0.141 e. The predicted molar refractivity (Wildman–Crippen MR) is 68.3 cm³/mol. The van der Waals surface area contributed by atoms with Crippen molar-refractivity contribution in [3.05, 3.63) is 59.9 Å². The summed E-state index contributed by atoms with van der Waals surface area (Å²) >= 11 is 0. The van der Waals surface area contributed by atoms with Crippen LogP contribution in [0.4, 0.5) is 0 Å². The van der Waals surface area contributed by atoms with E-state index in [0.29, 0.717) is 11.4 Å². The van der Waals surface area contributed by atoms with Gasteiger partial charge in [-0.2, -0.15) is 0 Å². The molecule has 0 saturated carbocycles. The van der Waals surface area contributed by atoms with Crippen molar-refractivity contribution < 1.29 is 10.2 Å². The molecule has 1 atom stereocenters. The van der Waals surface area contributed by atoms with Crippen molar-refractivity contribution in [2.75, 3.05) is 0 Å². The molecule has 18 heavy (non-hydrogen) atoms. The number of aliphatic hydroxyl groups is 1. The second-order valence-electron chi connectivity index (χ2n) is 4.10. The summed E-state index contributed by atoms with van der Waals surface area (Å²) in [6.45, 7) is 0. The fourth-order valence-electron chi connectivity index (χ4n) is 1.97. The molecule has 4 nitrogen and oxygen atoms in total. The Balaban J connectivity index is 2.07. The quantitative estimate of drug-likeness (QED) is 0.644. The van der Waals surface area contributed by atoms with Crippen LogP contribution in [0.2, 0.25) is 0 Å². The van der Waals surface area contributed by atoms with Crippen molar-refractivity contribution in [1.29, 1.82) is 0 Å². The van der Waals surface area contributed by atoms with E-state index in [0.717, 1.165) is 11.0 Å². The standard InChI is InChI=1S/C14H12N2O2/c17-12-8-4-1-5-9(12)13(18)14-15-10-6-2-3-7-11(10)16-14/h1-8,13,17-18H,(H,15,16). The molecule has 0 spiro atoms. The molecule has 1 aromatic heterocycles. The number of nitrogens with zero attached hydrogens (tertiary/aromatic N) is 1. The third-order valence-corrected chi connectivity index (χ3v) is 2.90.